The fraction of sp³-hybridized carbons (Fsp3) is 0.538. The maximum atomic E-state index is 14.9. The van der Waals surface area contributed by atoms with Gasteiger partial charge in [-0.3, -0.25) is 9.48 Å². The lowest BCUT2D eigenvalue weighted by Crippen LogP contribution is -2.28. The number of halogens is 1. The highest BCUT2D eigenvalue weighted by molar-refractivity contribution is 6.05. The van der Waals surface area contributed by atoms with E-state index in [2.05, 4.69) is 61.2 Å². The molecule has 0 aliphatic heterocycles. The third-order valence-electron chi connectivity index (χ3n) is 8.28. The second kappa shape index (κ2) is 19.2. The second-order valence-corrected chi connectivity index (χ2v) is 14.2. The smallest absolute Gasteiger partial charge is 0.309 e. The molecular formula is C39H60FN5O3. The molecule has 2 rings (SSSR count). The summed E-state index contributed by atoms with van der Waals surface area (Å²) < 4.78 is 16.5. The summed E-state index contributed by atoms with van der Waals surface area (Å²) >= 11 is 0. The number of rotatable bonds is 15. The number of urea groups is 1. The van der Waals surface area contributed by atoms with E-state index >= 15 is 0 Å². The molecule has 8 nitrogen and oxygen atoms in total. The van der Waals surface area contributed by atoms with Crippen molar-refractivity contribution in [2.45, 2.75) is 107 Å². The first-order chi connectivity index (χ1) is 22.3. The van der Waals surface area contributed by atoms with Crippen molar-refractivity contribution >= 4 is 35.0 Å². The van der Waals surface area contributed by atoms with Crippen LogP contribution in [0.1, 0.15) is 116 Å². The van der Waals surface area contributed by atoms with Crippen LogP contribution in [0.15, 0.2) is 48.7 Å². The molecule has 2 N–H and O–H groups in total. The third kappa shape index (κ3) is 13.3. The van der Waals surface area contributed by atoms with Gasteiger partial charge in [0.2, 0.25) is 0 Å². The van der Waals surface area contributed by atoms with E-state index in [0.717, 1.165) is 56.1 Å². The second-order valence-electron chi connectivity index (χ2n) is 14.2. The standard InChI is InChI=1S/C28H37FN4O2.C11H23NO/c1-9-11-12-21(14-13-18(3)10-2)23-15-22(16-24(29)19(23)4)30-27(35)31-25-17-33(28(6,7)8)32-26(25)20(5)34;1-6-10(7-8-12(4)5)11(2,3)9-13/h12-17H,3,9-11H2,1-2,4-8H3,(H2,30,31,35);9-10H,6-8H2,1-5H3/b14-13-,21-12+;. The summed E-state index contributed by atoms with van der Waals surface area (Å²) in [7, 11) is 4.14. The lowest BCUT2D eigenvalue weighted by Gasteiger charge is -2.29. The molecule has 2 amide bonds. The van der Waals surface area contributed by atoms with Crippen LogP contribution in [0.2, 0.25) is 0 Å². The van der Waals surface area contributed by atoms with E-state index in [1.54, 1.807) is 23.9 Å². The molecule has 0 aliphatic rings. The molecule has 266 valence electrons. The Hall–Kier alpha value is -3.85. The van der Waals surface area contributed by atoms with Crippen LogP contribution in [0.5, 0.6) is 0 Å². The number of unbranched alkanes of at least 4 members (excludes halogenated alkanes) is 1. The molecule has 0 radical (unpaired) electrons. The van der Waals surface area contributed by atoms with Crippen molar-refractivity contribution in [3.63, 3.8) is 0 Å². The molecule has 1 unspecified atom stereocenters. The van der Waals surface area contributed by atoms with Crippen LogP contribution >= 0.6 is 0 Å². The summed E-state index contributed by atoms with van der Waals surface area (Å²) in [6, 6.07) is 2.45. The predicted molar refractivity (Wildman–Crippen MR) is 199 cm³/mol. The number of carbonyl (C=O) groups excluding carboxylic acids is 3. The van der Waals surface area contributed by atoms with E-state index in [-0.39, 0.29) is 22.4 Å². The monoisotopic (exact) mass is 665 g/mol. The van der Waals surface area contributed by atoms with Gasteiger partial charge >= 0.3 is 6.03 Å². The first kappa shape index (κ1) is 42.2. The van der Waals surface area contributed by atoms with E-state index < -0.39 is 11.8 Å². The van der Waals surface area contributed by atoms with Crippen LogP contribution in [0.4, 0.5) is 20.6 Å². The summed E-state index contributed by atoms with van der Waals surface area (Å²) in [5.41, 5.74) is 3.26. The Balaban J connectivity index is 0.000000747. The Kier molecular flexibility index (Phi) is 16.9. The minimum atomic E-state index is -0.593. The van der Waals surface area contributed by atoms with Gasteiger partial charge < -0.3 is 20.3 Å². The largest absolute Gasteiger partial charge is 0.323 e. The number of carbonyl (C=O) groups is 3. The number of aromatic nitrogens is 2. The molecule has 0 spiro atoms. The average Bonchev–Trinajstić information content (AvgIpc) is 3.44. The number of aldehydes is 1. The quantitative estimate of drug-likeness (QED) is 0.112. The minimum Gasteiger partial charge on any atom is -0.309 e. The lowest BCUT2D eigenvalue weighted by atomic mass is 9.77. The molecule has 1 aromatic carbocycles. The van der Waals surface area contributed by atoms with E-state index in [1.165, 1.54) is 13.0 Å². The Labute approximate surface area is 288 Å². The van der Waals surface area contributed by atoms with Gasteiger partial charge in [0.15, 0.2) is 11.5 Å². The Bertz CT molecular complexity index is 1460. The fourth-order valence-corrected chi connectivity index (χ4v) is 4.91. The summed E-state index contributed by atoms with van der Waals surface area (Å²) in [5.74, 6) is -0.182. The maximum Gasteiger partial charge on any atom is 0.323 e. The number of hydrogen-bond acceptors (Lipinski definition) is 5. The van der Waals surface area contributed by atoms with Gasteiger partial charge in [-0.05, 0) is 102 Å². The molecule has 9 heteroatoms. The Morgan fingerprint density at radius 3 is 2.23 bits per heavy atom. The number of hydrogen-bond donors (Lipinski definition) is 2. The highest BCUT2D eigenvalue weighted by atomic mass is 19.1. The summed E-state index contributed by atoms with van der Waals surface area (Å²) in [6.07, 6.45) is 13.4. The first-order valence-electron chi connectivity index (χ1n) is 17.0. The molecule has 0 aliphatic carbocycles. The summed E-state index contributed by atoms with van der Waals surface area (Å²) in [4.78, 5) is 37.9. The SMILES string of the molecule is C=C(/C=C\C(=C/CCC)c1cc(NC(=O)Nc2cn(C(C)(C)C)nc2C(C)=O)cc(F)c1C)CC.CCC(CCN(C)C)C(C)(C)C=O. The van der Waals surface area contributed by atoms with Crippen LogP contribution < -0.4 is 10.6 Å². The zero-order valence-corrected chi connectivity index (χ0v) is 31.5. The molecule has 0 saturated heterocycles. The number of amides is 2. The number of Topliss-reactive ketones (excluding diaryl/α,β-unsaturated/α-hetero) is 1. The van der Waals surface area contributed by atoms with Crippen molar-refractivity contribution in [1.82, 2.24) is 14.7 Å². The van der Waals surface area contributed by atoms with Gasteiger partial charge in [-0.2, -0.15) is 5.10 Å². The van der Waals surface area contributed by atoms with Gasteiger partial charge in [-0.15, -0.1) is 0 Å². The highest BCUT2D eigenvalue weighted by Crippen LogP contribution is 2.30. The number of allylic oxidation sites excluding steroid dienone is 5. The first-order valence-corrected chi connectivity index (χ1v) is 17.0. The van der Waals surface area contributed by atoms with Gasteiger partial charge in [0.1, 0.15) is 12.1 Å². The van der Waals surface area contributed by atoms with Gasteiger partial charge in [0.25, 0.3) is 0 Å². The molecule has 0 fully saturated rings. The van der Waals surface area contributed by atoms with Crippen molar-refractivity contribution in [1.29, 1.82) is 0 Å². The molecule has 2 aromatic rings. The zero-order valence-electron chi connectivity index (χ0n) is 31.5. The van der Waals surface area contributed by atoms with Gasteiger partial charge in [0.05, 0.1) is 11.2 Å². The van der Waals surface area contributed by atoms with Crippen molar-refractivity contribution in [2.75, 3.05) is 31.3 Å². The molecule has 48 heavy (non-hydrogen) atoms. The normalized spacial score (nSPS) is 12.8. The zero-order chi connectivity index (χ0) is 36.8. The molecule has 1 heterocycles. The summed E-state index contributed by atoms with van der Waals surface area (Å²) in [5, 5.41) is 9.69. The van der Waals surface area contributed by atoms with Gasteiger partial charge in [-0.1, -0.05) is 77.8 Å². The van der Waals surface area contributed by atoms with E-state index in [0.29, 0.717) is 28.4 Å². The molecule has 1 atom stereocenters. The van der Waals surface area contributed by atoms with Crippen LogP contribution in [-0.2, 0) is 10.3 Å². The number of ketones is 1. The van der Waals surface area contributed by atoms with E-state index in [1.807, 2.05) is 53.7 Å². The number of nitrogens with one attached hydrogen (secondary N) is 2. The number of anilines is 2. The number of nitrogens with zero attached hydrogens (tertiary/aromatic N) is 3. The highest BCUT2D eigenvalue weighted by Gasteiger charge is 2.27. The Morgan fingerprint density at radius 2 is 1.73 bits per heavy atom. The van der Waals surface area contributed by atoms with E-state index in [9.17, 15) is 18.8 Å². The van der Waals surface area contributed by atoms with Crippen molar-refractivity contribution in [3.05, 3.63) is 71.3 Å². The van der Waals surface area contributed by atoms with Crippen LogP contribution in [0, 0.1) is 24.1 Å². The summed E-state index contributed by atoms with van der Waals surface area (Å²) in [6.45, 7) is 24.3. The van der Waals surface area contributed by atoms with Crippen molar-refractivity contribution < 1.29 is 18.8 Å². The van der Waals surface area contributed by atoms with E-state index in [4.69, 9.17) is 0 Å². The van der Waals surface area contributed by atoms with Gasteiger partial charge in [0, 0.05) is 24.2 Å². The lowest BCUT2D eigenvalue weighted by molar-refractivity contribution is -0.117. The minimum absolute atomic E-state index is 0.162. The molecule has 0 bridgehead atoms. The number of benzene rings is 1. The molecule has 1 aromatic heterocycles. The third-order valence-corrected chi connectivity index (χ3v) is 8.28. The van der Waals surface area contributed by atoms with Crippen LogP contribution in [-0.4, -0.2) is 53.4 Å². The Morgan fingerprint density at radius 1 is 1.08 bits per heavy atom. The average molecular weight is 666 g/mol. The topological polar surface area (TPSA) is 96.3 Å². The maximum absolute atomic E-state index is 14.9. The predicted octanol–water partition coefficient (Wildman–Crippen LogP) is 9.83. The fourth-order valence-electron chi connectivity index (χ4n) is 4.91. The molecular weight excluding hydrogens is 605 g/mol. The van der Waals surface area contributed by atoms with Crippen molar-refractivity contribution in [3.8, 4) is 0 Å². The van der Waals surface area contributed by atoms with Gasteiger partial charge in [-0.25, -0.2) is 9.18 Å². The van der Waals surface area contributed by atoms with Crippen LogP contribution in [0.25, 0.3) is 5.57 Å². The van der Waals surface area contributed by atoms with Crippen LogP contribution in [0.3, 0.4) is 0 Å². The molecule has 0 saturated carbocycles. The van der Waals surface area contributed by atoms with Crippen molar-refractivity contribution in [2.24, 2.45) is 11.3 Å².